The number of hydrogen-bond donors (Lipinski definition) is 2. The Morgan fingerprint density at radius 2 is 1.20 bits per heavy atom. The molecule has 4 heterocycles. The number of rotatable bonds is 13. The fourth-order valence-corrected chi connectivity index (χ4v) is 6.44. The number of carbonyl (C=O) groups excluding carboxylic acids is 2. The number of likely N-dealkylation sites (tertiary alicyclic amines) is 2. The van der Waals surface area contributed by atoms with Crippen LogP contribution in [-0.4, -0.2) is 113 Å². The maximum absolute atomic E-state index is 11.8. The van der Waals surface area contributed by atoms with Gasteiger partial charge in [-0.25, -0.2) is 0 Å². The number of nitrogens with zero attached hydrogens (tertiary/aromatic N) is 4. The first-order chi connectivity index (χ1) is 24.3. The van der Waals surface area contributed by atoms with E-state index in [-0.39, 0.29) is 49.9 Å². The van der Waals surface area contributed by atoms with Crippen LogP contribution in [0.25, 0.3) is 21.8 Å². The van der Waals surface area contributed by atoms with Gasteiger partial charge in [0.05, 0.1) is 23.6 Å². The summed E-state index contributed by atoms with van der Waals surface area (Å²) in [6.45, 7) is 6.59. The molecule has 2 aliphatic rings. The maximum Gasteiger partial charge on any atom is 1.00 e. The Morgan fingerprint density at radius 3 is 1.63 bits per heavy atom. The van der Waals surface area contributed by atoms with E-state index in [0.29, 0.717) is 51.4 Å². The first-order valence-corrected chi connectivity index (χ1v) is 17.4. The van der Waals surface area contributed by atoms with E-state index in [0.717, 1.165) is 53.5 Å². The van der Waals surface area contributed by atoms with Crippen LogP contribution in [0.3, 0.4) is 0 Å². The van der Waals surface area contributed by atoms with Crippen LogP contribution in [0, 0.1) is 11.8 Å². The number of carboxylic acids is 1. The summed E-state index contributed by atoms with van der Waals surface area (Å²) in [5.41, 5.74) is 1.73. The molecule has 2 aromatic carbocycles. The fourth-order valence-electron chi connectivity index (χ4n) is 6.44. The van der Waals surface area contributed by atoms with Gasteiger partial charge in [0.25, 0.3) is 0 Å². The van der Waals surface area contributed by atoms with Crippen molar-refractivity contribution < 1.29 is 58.0 Å². The van der Waals surface area contributed by atoms with E-state index in [2.05, 4.69) is 19.8 Å². The fraction of sp³-hybridized carbons (Fsp3) is 0.474. The molecule has 0 bridgehead atoms. The van der Waals surface area contributed by atoms with Crippen molar-refractivity contribution in [3.05, 3.63) is 73.1 Å². The minimum Gasteiger partial charge on any atom is -0.550 e. The number of ether oxygens (including phenoxy) is 3. The van der Waals surface area contributed by atoms with Crippen LogP contribution in [0.2, 0.25) is 0 Å². The van der Waals surface area contributed by atoms with Crippen molar-refractivity contribution in [3.8, 4) is 11.5 Å². The number of β-amino-alcohol motifs (C(OH)–C–C–N with tert-alkyl or cyclic N) is 2. The van der Waals surface area contributed by atoms with Gasteiger partial charge in [-0.3, -0.25) is 14.8 Å². The van der Waals surface area contributed by atoms with Crippen molar-refractivity contribution >= 4 is 33.7 Å². The number of aliphatic carboxylic acids is 1. The molecule has 0 radical (unpaired) electrons. The molecule has 0 amide bonds. The Hall–Kier alpha value is -3.76. The summed E-state index contributed by atoms with van der Waals surface area (Å²) in [5, 5.41) is 33.2. The molecule has 0 saturated carbocycles. The molecule has 0 spiro atoms. The van der Waals surface area contributed by atoms with Crippen molar-refractivity contribution in [2.24, 2.45) is 11.8 Å². The molecule has 2 atom stereocenters. The monoisotopic (exact) mass is 694 g/mol. The molecule has 2 N–H and O–H groups in total. The van der Waals surface area contributed by atoms with Gasteiger partial charge in [0.15, 0.2) is 0 Å². The quantitative estimate of drug-likeness (QED) is 0.139. The standard InChI is InChI=1S/C20H26N2O4.C18H22N2O4.Li/c1-2-25-20(24)15-8-11-22(12-9-15)13-16(23)14-26-19-7-3-6-18-17(19)5-4-10-21-18;21-14(11-20-9-6-13(7-10-20)18(22)23)12-24-17-5-1-4-16-15(17)3-2-8-19-16;/h3-7,10,15-16,23H,2,8-9,11-14H2,1H3;1-5,8,13-14,21H,6-7,9-12H2,(H,22,23);/q;;+1/p-1/t16-;14-;/m11./s1. The number of pyridine rings is 2. The first kappa shape index (κ1) is 40.0. The smallest absolute Gasteiger partial charge is 0.550 e. The summed E-state index contributed by atoms with van der Waals surface area (Å²) in [5.74, 6) is -0.00437. The molecule has 4 aromatic rings. The number of hydrogen-bond acceptors (Lipinski definition) is 12. The van der Waals surface area contributed by atoms with E-state index in [4.69, 9.17) is 14.2 Å². The second-order valence-electron chi connectivity index (χ2n) is 12.8. The molecule has 0 unspecified atom stereocenters. The third-order valence-electron chi connectivity index (χ3n) is 9.14. The van der Waals surface area contributed by atoms with Crippen molar-refractivity contribution in [3.63, 3.8) is 0 Å². The van der Waals surface area contributed by atoms with E-state index >= 15 is 0 Å². The van der Waals surface area contributed by atoms with Crippen molar-refractivity contribution in [2.45, 2.75) is 44.8 Å². The predicted octanol–water partition coefficient (Wildman–Crippen LogP) is -0.310. The first-order valence-electron chi connectivity index (χ1n) is 17.4. The summed E-state index contributed by atoms with van der Waals surface area (Å²) in [6, 6.07) is 19.0. The molecular formula is C38H47LiN4O8. The average molecular weight is 695 g/mol. The van der Waals surface area contributed by atoms with Gasteiger partial charge < -0.3 is 44.1 Å². The number of aliphatic hydroxyl groups is 2. The molecule has 2 fully saturated rings. The number of aromatic nitrogens is 2. The van der Waals surface area contributed by atoms with Gasteiger partial charge in [0, 0.05) is 48.1 Å². The van der Waals surface area contributed by atoms with Gasteiger partial charge in [0.2, 0.25) is 0 Å². The topological polar surface area (TPSA) is 158 Å². The minimum absolute atomic E-state index is 0. The van der Waals surface area contributed by atoms with Crippen LogP contribution in [0.1, 0.15) is 32.6 Å². The normalized spacial score (nSPS) is 17.1. The van der Waals surface area contributed by atoms with Gasteiger partial charge in [-0.2, -0.15) is 0 Å². The van der Waals surface area contributed by atoms with Crippen LogP contribution in [0.5, 0.6) is 11.5 Å². The van der Waals surface area contributed by atoms with Crippen molar-refractivity contribution in [2.75, 3.05) is 59.1 Å². The Bertz CT molecular complexity index is 1670. The molecule has 2 aliphatic heterocycles. The molecule has 268 valence electrons. The van der Waals surface area contributed by atoms with E-state index in [1.165, 1.54) is 0 Å². The average Bonchev–Trinajstić information content (AvgIpc) is 3.14. The summed E-state index contributed by atoms with van der Waals surface area (Å²) in [4.78, 5) is 35.5. The SMILES string of the molecule is CCOC(=O)C1CCN(C[C@@H](O)COc2cccc3ncccc23)CC1.O=C([O-])C1CCN(C[C@@H](O)COc2cccc3ncccc23)CC1.[Li+]. The minimum atomic E-state index is -0.969. The second-order valence-corrected chi connectivity index (χ2v) is 12.8. The third kappa shape index (κ3) is 11.9. The van der Waals surface area contributed by atoms with Crippen LogP contribution in [0.4, 0.5) is 0 Å². The van der Waals surface area contributed by atoms with Crippen molar-refractivity contribution in [1.29, 1.82) is 0 Å². The van der Waals surface area contributed by atoms with Gasteiger partial charge in [0.1, 0.15) is 36.9 Å². The van der Waals surface area contributed by atoms with E-state index < -0.39 is 18.2 Å². The zero-order chi connectivity index (χ0) is 35.3. The zero-order valence-electron chi connectivity index (χ0n) is 29.6. The maximum atomic E-state index is 11.8. The zero-order valence-corrected chi connectivity index (χ0v) is 29.6. The largest absolute Gasteiger partial charge is 1.00 e. The molecule has 12 nitrogen and oxygen atoms in total. The predicted molar refractivity (Wildman–Crippen MR) is 186 cm³/mol. The van der Waals surface area contributed by atoms with E-state index in [1.54, 1.807) is 12.4 Å². The van der Waals surface area contributed by atoms with Gasteiger partial charge in [-0.1, -0.05) is 12.1 Å². The molecule has 2 saturated heterocycles. The number of carboxylic acid groups (broad SMARTS) is 1. The van der Waals surface area contributed by atoms with E-state index in [1.807, 2.05) is 67.6 Å². The van der Waals surface area contributed by atoms with Crippen LogP contribution in [0.15, 0.2) is 73.1 Å². The second kappa shape index (κ2) is 20.3. The number of carbonyl (C=O) groups is 2. The summed E-state index contributed by atoms with van der Waals surface area (Å²) in [6.07, 6.45) is 4.98. The Kier molecular flexibility index (Phi) is 15.9. The molecule has 6 rings (SSSR count). The van der Waals surface area contributed by atoms with Gasteiger partial charge >= 0.3 is 24.8 Å². The molecule has 2 aromatic heterocycles. The number of aliphatic hydroxyl groups excluding tert-OH is 2. The van der Waals surface area contributed by atoms with Crippen LogP contribution in [-0.2, 0) is 14.3 Å². The number of piperidine rings is 2. The van der Waals surface area contributed by atoms with E-state index in [9.17, 15) is 24.9 Å². The Labute approximate surface area is 310 Å². The van der Waals surface area contributed by atoms with Gasteiger partial charge in [-0.05, 0) is 107 Å². The number of benzene rings is 2. The molecular weight excluding hydrogens is 647 g/mol. The third-order valence-corrected chi connectivity index (χ3v) is 9.14. The molecule has 0 aliphatic carbocycles. The van der Waals surface area contributed by atoms with Crippen LogP contribution < -0.4 is 33.4 Å². The van der Waals surface area contributed by atoms with Crippen LogP contribution >= 0.6 is 0 Å². The number of esters is 1. The van der Waals surface area contributed by atoms with Gasteiger partial charge in [-0.15, -0.1) is 0 Å². The summed E-state index contributed by atoms with van der Waals surface area (Å²) >= 11 is 0. The number of fused-ring (bicyclic) bond motifs is 2. The van der Waals surface area contributed by atoms with Crippen molar-refractivity contribution in [1.82, 2.24) is 19.8 Å². The molecule has 51 heavy (non-hydrogen) atoms. The molecule has 13 heteroatoms. The Balaban J connectivity index is 0.000000225. The Morgan fingerprint density at radius 1 is 0.745 bits per heavy atom. The summed E-state index contributed by atoms with van der Waals surface area (Å²) < 4.78 is 16.7. The summed E-state index contributed by atoms with van der Waals surface area (Å²) in [7, 11) is 0.